The molecule has 0 aromatic heterocycles. The Balaban J connectivity index is 1.89. The molecule has 0 bridgehead atoms. The molecule has 5 aromatic carbocycles. The Kier molecular flexibility index (Phi) is 4.04. The van der Waals surface area contributed by atoms with Crippen molar-refractivity contribution in [3.63, 3.8) is 0 Å². The molecule has 2 heteroatoms. The standard InChI is InChI=1S/C27H21BrO/c1-27(2,3)20-12-18-8-10-21-23(17-6-4-16(15-29)5-7-17)14-24(28)22-11-9-19(13-20)25(18)26(21)22/h4-15H,1-3H3. The molecule has 0 saturated carbocycles. The van der Waals surface area contributed by atoms with Crippen molar-refractivity contribution in [3.05, 3.63) is 82.3 Å². The van der Waals surface area contributed by atoms with Crippen molar-refractivity contribution in [1.29, 1.82) is 0 Å². The quantitative estimate of drug-likeness (QED) is 0.200. The first kappa shape index (κ1) is 18.3. The highest BCUT2D eigenvalue weighted by Gasteiger charge is 2.19. The minimum atomic E-state index is 0.108. The maximum Gasteiger partial charge on any atom is 0.150 e. The molecule has 0 aliphatic heterocycles. The Hall–Kier alpha value is -2.71. The van der Waals surface area contributed by atoms with Crippen molar-refractivity contribution in [3.8, 4) is 11.1 Å². The first-order valence-electron chi connectivity index (χ1n) is 9.84. The molecule has 0 spiro atoms. The van der Waals surface area contributed by atoms with Gasteiger partial charge < -0.3 is 0 Å². The molecule has 142 valence electrons. The van der Waals surface area contributed by atoms with Gasteiger partial charge in [0.2, 0.25) is 0 Å². The first-order chi connectivity index (χ1) is 13.9. The second kappa shape index (κ2) is 6.40. The van der Waals surface area contributed by atoms with E-state index in [1.54, 1.807) is 0 Å². The molecule has 0 atom stereocenters. The van der Waals surface area contributed by atoms with Crippen LogP contribution in [0.2, 0.25) is 0 Å². The average Bonchev–Trinajstić information content (AvgIpc) is 2.72. The molecule has 0 aliphatic rings. The van der Waals surface area contributed by atoms with Crippen LogP contribution in [-0.4, -0.2) is 6.29 Å². The zero-order chi connectivity index (χ0) is 20.3. The fourth-order valence-corrected chi connectivity index (χ4v) is 4.84. The number of aldehydes is 1. The van der Waals surface area contributed by atoms with Gasteiger partial charge in [-0.25, -0.2) is 0 Å². The highest BCUT2D eigenvalue weighted by atomic mass is 79.9. The van der Waals surface area contributed by atoms with Crippen LogP contribution in [0.25, 0.3) is 43.4 Å². The van der Waals surface area contributed by atoms with Crippen LogP contribution in [0.1, 0.15) is 36.7 Å². The smallest absolute Gasteiger partial charge is 0.150 e. The largest absolute Gasteiger partial charge is 0.298 e. The van der Waals surface area contributed by atoms with E-state index in [0.29, 0.717) is 5.56 Å². The molecule has 0 heterocycles. The van der Waals surface area contributed by atoms with Crippen LogP contribution >= 0.6 is 15.9 Å². The second-order valence-electron chi connectivity index (χ2n) is 8.79. The summed E-state index contributed by atoms with van der Waals surface area (Å²) < 4.78 is 1.09. The highest BCUT2D eigenvalue weighted by Crippen LogP contribution is 2.43. The molecule has 0 aliphatic carbocycles. The minimum Gasteiger partial charge on any atom is -0.298 e. The van der Waals surface area contributed by atoms with Gasteiger partial charge in [0.15, 0.2) is 0 Å². The maximum atomic E-state index is 11.0. The van der Waals surface area contributed by atoms with Crippen molar-refractivity contribution in [2.75, 3.05) is 0 Å². The number of hydrogen-bond donors (Lipinski definition) is 0. The number of carbonyl (C=O) groups excluding carboxylic acids is 1. The van der Waals surface area contributed by atoms with Gasteiger partial charge in [-0.2, -0.15) is 0 Å². The molecule has 0 unspecified atom stereocenters. The van der Waals surface area contributed by atoms with E-state index in [9.17, 15) is 4.79 Å². The lowest BCUT2D eigenvalue weighted by Crippen LogP contribution is -2.10. The van der Waals surface area contributed by atoms with Gasteiger partial charge in [0, 0.05) is 10.0 Å². The highest BCUT2D eigenvalue weighted by molar-refractivity contribution is 9.10. The van der Waals surface area contributed by atoms with Gasteiger partial charge >= 0.3 is 0 Å². The summed E-state index contributed by atoms with van der Waals surface area (Å²) in [6.07, 6.45) is 0.886. The van der Waals surface area contributed by atoms with E-state index in [4.69, 9.17) is 0 Å². The fourth-order valence-electron chi connectivity index (χ4n) is 4.29. The van der Waals surface area contributed by atoms with Gasteiger partial charge in [-0.05, 0) is 60.5 Å². The normalized spacial score (nSPS) is 12.3. The lowest BCUT2D eigenvalue weighted by molar-refractivity contribution is 0.112. The number of benzene rings is 5. The summed E-state index contributed by atoms with van der Waals surface area (Å²) in [6, 6.07) is 23.6. The molecular formula is C27H21BrO. The molecule has 29 heavy (non-hydrogen) atoms. The lowest BCUT2D eigenvalue weighted by Gasteiger charge is -2.22. The Bertz CT molecular complexity index is 1370. The molecular weight excluding hydrogens is 420 g/mol. The number of carbonyl (C=O) groups is 1. The van der Waals surface area contributed by atoms with Crippen LogP contribution < -0.4 is 0 Å². The minimum absolute atomic E-state index is 0.108. The third-order valence-corrected chi connectivity index (χ3v) is 6.55. The fraction of sp³-hybridized carbons (Fsp3) is 0.148. The maximum absolute atomic E-state index is 11.0. The summed E-state index contributed by atoms with van der Waals surface area (Å²) in [6.45, 7) is 6.78. The van der Waals surface area contributed by atoms with E-state index in [2.05, 4.69) is 79.2 Å². The monoisotopic (exact) mass is 440 g/mol. The van der Waals surface area contributed by atoms with E-state index in [1.165, 1.54) is 43.4 Å². The number of hydrogen-bond acceptors (Lipinski definition) is 1. The first-order valence-corrected chi connectivity index (χ1v) is 10.6. The zero-order valence-corrected chi connectivity index (χ0v) is 18.3. The summed E-state index contributed by atoms with van der Waals surface area (Å²) in [5.41, 5.74) is 4.45. The summed E-state index contributed by atoms with van der Waals surface area (Å²) in [5.74, 6) is 0. The van der Waals surface area contributed by atoms with Crippen molar-refractivity contribution < 1.29 is 4.79 Å². The topological polar surface area (TPSA) is 17.1 Å². The number of halogens is 1. The summed E-state index contributed by atoms with van der Waals surface area (Å²) in [4.78, 5) is 11.0. The predicted molar refractivity (Wildman–Crippen MR) is 127 cm³/mol. The molecule has 0 radical (unpaired) electrons. The van der Waals surface area contributed by atoms with E-state index >= 15 is 0 Å². The van der Waals surface area contributed by atoms with Gasteiger partial charge in [0.05, 0.1) is 0 Å². The average molecular weight is 441 g/mol. The Morgan fingerprint density at radius 3 is 1.97 bits per heavy atom. The summed E-state index contributed by atoms with van der Waals surface area (Å²) in [5, 5.41) is 7.65. The van der Waals surface area contributed by atoms with Crippen LogP contribution in [-0.2, 0) is 5.41 Å². The molecule has 5 rings (SSSR count). The molecule has 0 saturated heterocycles. The predicted octanol–water partition coefficient (Wildman–Crippen LogP) is 8.12. The second-order valence-corrected chi connectivity index (χ2v) is 9.65. The van der Waals surface area contributed by atoms with Gasteiger partial charge in [-0.15, -0.1) is 0 Å². The van der Waals surface area contributed by atoms with Gasteiger partial charge in [-0.1, -0.05) is 97.4 Å². The van der Waals surface area contributed by atoms with Crippen molar-refractivity contribution in [2.45, 2.75) is 26.2 Å². The zero-order valence-electron chi connectivity index (χ0n) is 16.7. The van der Waals surface area contributed by atoms with Gasteiger partial charge in [0.1, 0.15) is 6.29 Å². The van der Waals surface area contributed by atoms with Crippen molar-refractivity contribution >= 4 is 54.5 Å². The van der Waals surface area contributed by atoms with Crippen LogP contribution in [0.4, 0.5) is 0 Å². The number of rotatable bonds is 2. The molecule has 1 nitrogen and oxygen atoms in total. The van der Waals surface area contributed by atoms with E-state index in [-0.39, 0.29) is 5.41 Å². The van der Waals surface area contributed by atoms with Gasteiger partial charge in [-0.3, -0.25) is 4.79 Å². The van der Waals surface area contributed by atoms with Crippen LogP contribution in [0.15, 0.2) is 71.2 Å². The van der Waals surface area contributed by atoms with E-state index in [0.717, 1.165) is 16.3 Å². The van der Waals surface area contributed by atoms with Crippen molar-refractivity contribution in [1.82, 2.24) is 0 Å². The SMILES string of the molecule is CC(C)(C)c1cc2ccc3c(Br)cc(-c4ccc(C=O)cc4)c4ccc(c1)c2c34. The Morgan fingerprint density at radius 1 is 0.759 bits per heavy atom. The van der Waals surface area contributed by atoms with Crippen LogP contribution in [0.5, 0.6) is 0 Å². The Labute approximate surface area is 178 Å². The lowest BCUT2D eigenvalue weighted by atomic mass is 9.83. The Morgan fingerprint density at radius 2 is 1.38 bits per heavy atom. The molecule has 5 aromatic rings. The molecule has 0 amide bonds. The van der Waals surface area contributed by atoms with Crippen molar-refractivity contribution in [2.24, 2.45) is 0 Å². The summed E-state index contributed by atoms with van der Waals surface area (Å²) >= 11 is 3.81. The summed E-state index contributed by atoms with van der Waals surface area (Å²) in [7, 11) is 0. The molecule has 0 fully saturated rings. The van der Waals surface area contributed by atoms with E-state index < -0.39 is 0 Å². The third-order valence-electron chi connectivity index (χ3n) is 5.89. The van der Waals surface area contributed by atoms with Crippen LogP contribution in [0, 0.1) is 0 Å². The van der Waals surface area contributed by atoms with Gasteiger partial charge in [0.25, 0.3) is 0 Å². The third kappa shape index (κ3) is 2.86. The van der Waals surface area contributed by atoms with Crippen LogP contribution in [0.3, 0.4) is 0 Å². The van der Waals surface area contributed by atoms with E-state index in [1.807, 2.05) is 24.3 Å². The molecule has 0 N–H and O–H groups in total.